The molecule has 3 aliphatic heterocycles. The first kappa shape index (κ1) is 18.2. The molecule has 9 heteroatoms. The smallest absolute Gasteiger partial charge is 0.400 e. The van der Waals surface area contributed by atoms with E-state index in [0.717, 1.165) is 35.4 Å². The Morgan fingerprint density at radius 2 is 2.04 bits per heavy atom. The summed E-state index contributed by atoms with van der Waals surface area (Å²) in [4.78, 5) is 25.1. The topological polar surface area (TPSA) is 81.6 Å². The predicted molar refractivity (Wildman–Crippen MR) is 96.7 cm³/mol. The first-order valence-electron chi connectivity index (χ1n) is 9.15. The molecule has 3 saturated heterocycles. The number of thioether (sulfide) groups is 1. The van der Waals surface area contributed by atoms with Crippen LogP contribution in [0.5, 0.6) is 0 Å². The number of aromatic nitrogens is 2. The molecule has 1 spiro atoms. The van der Waals surface area contributed by atoms with Gasteiger partial charge in [0, 0.05) is 25.4 Å². The molecule has 0 radical (unpaired) electrons. The van der Waals surface area contributed by atoms with Crippen LogP contribution >= 0.6 is 23.5 Å². The quantitative estimate of drug-likeness (QED) is 0.314. The van der Waals surface area contributed by atoms with E-state index in [0.29, 0.717) is 18.9 Å². The fraction of sp³-hybridized carbons (Fsp3) is 0.765. The molecule has 26 heavy (non-hydrogen) atoms. The molecule has 3 aliphatic rings. The SMILES string of the molecule is CC(C)CCCSc1nsnc1[C@@H]1CN2C[C@H]1CCC21OC(=O)C(=O)O1. The molecule has 0 amide bonds. The third-order valence-corrected chi connectivity index (χ3v) is 7.15. The van der Waals surface area contributed by atoms with Gasteiger partial charge in [0.05, 0.1) is 17.4 Å². The van der Waals surface area contributed by atoms with Crippen molar-refractivity contribution in [3.05, 3.63) is 5.69 Å². The first-order chi connectivity index (χ1) is 12.5. The molecule has 0 N–H and O–H groups in total. The lowest BCUT2D eigenvalue weighted by Crippen LogP contribution is -2.51. The summed E-state index contributed by atoms with van der Waals surface area (Å²) in [5, 5.41) is 1.03. The molecule has 7 nitrogen and oxygen atoms in total. The van der Waals surface area contributed by atoms with Gasteiger partial charge in [0.25, 0.3) is 0 Å². The van der Waals surface area contributed by atoms with Crippen molar-refractivity contribution < 1.29 is 19.1 Å². The normalized spacial score (nSPS) is 29.4. The van der Waals surface area contributed by atoms with Gasteiger partial charge in [0.1, 0.15) is 5.03 Å². The van der Waals surface area contributed by atoms with Crippen LogP contribution in [0.2, 0.25) is 0 Å². The number of rotatable bonds is 6. The number of hydrogen-bond acceptors (Lipinski definition) is 9. The van der Waals surface area contributed by atoms with E-state index >= 15 is 0 Å². The van der Waals surface area contributed by atoms with Crippen LogP contribution in [0.3, 0.4) is 0 Å². The predicted octanol–water partition coefficient (Wildman–Crippen LogP) is 2.63. The van der Waals surface area contributed by atoms with Gasteiger partial charge in [-0.1, -0.05) is 20.3 Å². The summed E-state index contributed by atoms with van der Waals surface area (Å²) in [6.45, 7) is 5.91. The van der Waals surface area contributed by atoms with E-state index in [9.17, 15) is 9.59 Å². The summed E-state index contributed by atoms with van der Waals surface area (Å²) in [5.41, 5.74) is 1.06. The number of piperidine rings is 1. The summed E-state index contributed by atoms with van der Waals surface area (Å²) < 4.78 is 19.7. The molecule has 1 aromatic heterocycles. The van der Waals surface area contributed by atoms with E-state index < -0.39 is 17.8 Å². The zero-order valence-corrected chi connectivity index (χ0v) is 16.6. The highest BCUT2D eigenvalue weighted by atomic mass is 32.2. The van der Waals surface area contributed by atoms with Gasteiger partial charge in [0.2, 0.25) is 0 Å². The van der Waals surface area contributed by atoms with Crippen molar-refractivity contribution in [2.75, 3.05) is 18.8 Å². The second-order valence-corrected chi connectivity index (χ2v) is 9.25. The van der Waals surface area contributed by atoms with E-state index in [1.54, 1.807) is 11.8 Å². The molecule has 4 heterocycles. The number of nitrogens with zero attached hydrogens (tertiary/aromatic N) is 3. The minimum atomic E-state index is -1.19. The molecular formula is C17H23N3O4S2. The molecule has 1 aromatic rings. The summed E-state index contributed by atoms with van der Waals surface area (Å²) in [6.07, 6.45) is 3.77. The molecular weight excluding hydrogens is 374 g/mol. The van der Waals surface area contributed by atoms with Crippen molar-refractivity contribution in [3.8, 4) is 0 Å². The lowest BCUT2D eigenvalue weighted by Gasteiger charge is -2.37. The number of fused-ring (bicyclic) bond motifs is 3. The second-order valence-electron chi connectivity index (χ2n) is 7.64. The van der Waals surface area contributed by atoms with Crippen LogP contribution in [-0.4, -0.2) is 50.3 Å². The molecule has 0 aliphatic carbocycles. The standard InChI is InChI=1S/C17H23N3O4S2/c1-10(2)4-3-7-25-14-13(18-26-19-14)12-9-20-8-11(12)5-6-17(20)23-15(21)16(22)24-17/h10-12H,3-9H2,1-2H3/t11-,12-/m1/s1. The average Bonchev–Trinajstić information content (AvgIpc) is 3.26. The monoisotopic (exact) mass is 397 g/mol. The maximum atomic E-state index is 11.5. The van der Waals surface area contributed by atoms with Gasteiger partial charge in [-0.05, 0) is 30.4 Å². The van der Waals surface area contributed by atoms with Gasteiger partial charge in [0.15, 0.2) is 0 Å². The fourth-order valence-electron chi connectivity index (χ4n) is 4.08. The van der Waals surface area contributed by atoms with E-state index in [1.165, 1.54) is 24.6 Å². The molecule has 4 rings (SSSR count). The van der Waals surface area contributed by atoms with Crippen LogP contribution in [0.25, 0.3) is 0 Å². The number of hydrogen-bond donors (Lipinski definition) is 0. The third-order valence-electron chi connectivity index (χ3n) is 5.42. The Balaban J connectivity index is 1.44. The molecule has 1 unspecified atom stereocenters. The largest absolute Gasteiger partial charge is 0.421 e. The van der Waals surface area contributed by atoms with E-state index in [2.05, 4.69) is 22.6 Å². The highest BCUT2D eigenvalue weighted by Crippen LogP contribution is 2.48. The van der Waals surface area contributed by atoms with Gasteiger partial charge >= 0.3 is 17.8 Å². The lowest BCUT2D eigenvalue weighted by atomic mass is 9.88. The Morgan fingerprint density at radius 1 is 1.27 bits per heavy atom. The summed E-state index contributed by atoms with van der Waals surface area (Å²) in [7, 11) is 0. The molecule has 2 bridgehead atoms. The van der Waals surface area contributed by atoms with Crippen LogP contribution in [0.1, 0.15) is 51.1 Å². The highest BCUT2D eigenvalue weighted by molar-refractivity contribution is 7.99. The Kier molecular flexibility index (Phi) is 4.96. The minimum absolute atomic E-state index is 0.249. The molecule has 3 fully saturated rings. The van der Waals surface area contributed by atoms with Crippen molar-refractivity contribution in [3.63, 3.8) is 0 Å². The number of ether oxygens (including phenoxy) is 2. The fourth-order valence-corrected chi connectivity index (χ4v) is 5.81. The second kappa shape index (κ2) is 7.09. The Hall–Kier alpha value is -1.19. The first-order valence-corrected chi connectivity index (χ1v) is 10.9. The summed E-state index contributed by atoms with van der Waals surface area (Å²) in [6, 6.07) is 0. The van der Waals surface area contributed by atoms with Gasteiger partial charge in [-0.25, -0.2) is 14.5 Å². The molecule has 142 valence electrons. The lowest BCUT2D eigenvalue weighted by molar-refractivity contribution is -0.257. The molecule has 3 atom stereocenters. The highest BCUT2D eigenvalue weighted by Gasteiger charge is 2.59. The van der Waals surface area contributed by atoms with Crippen molar-refractivity contribution in [2.24, 2.45) is 11.8 Å². The van der Waals surface area contributed by atoms with E-state index in [-0.39, 0.29) is 5.92 Å². The van der Waals surface area contributed by atoms with Crippen LogP contribution in [0, 0.1) is 11.8 Å². The maximum Gasteiger partial charge on any atom is 0.421 e. The van der Waals surface area contributed by atoms with Gasteiger partial charge in [-0.15, -0.1) is 11.8 Å². The molecule has 0 aromatic carbocycles. The zero-order valence-electron chi connectivity index (χ0n) is 15.0. The number of carbonyl (C=O) groups is 2. The van der Waals surface area contributed by atoms with Crippen molar-refractivity contribution in [1.29, 1.82) is 0 Å². The number of carbonyl (C=O) groups excluding carboxylic acids is 2. The van der Waals surface area contributed by atoms with Crippen LogP contribution in [0.4, 0.5) is 0 Å². The molecule has 0 saturated carbocycles. The summed E-state index contributed by atoms with van der Waals surface area (Å²) in [5.74, 6) is -0.508. The van der Waals surface area contributed by atoms with Crippen molar-refractivity contribution in [1.82, 2.24) is 13.6 Å². The maximum absolute atomic E-state index is 11.5. The van der Waals surface area contributed by atoms with E-state index in [4.69, 9.17) is 9.47 Å². The van der Waals surface area contributed by atoms with E-state index in [1.807, 2.05) is 4.90 Å². The van der Waals surface area contributed by atoms with Crippen molar-refractivity contribution >= 4 is 35.4 Å². The Labute approximate surface area is 161 Å². The van der Waals surface area contributed by atoms with Gasteiger partial charge in [-0.3, -0.25) is 0 Å². The van der Waals surface area contributed by atoms with Gasteiger partial charge in [-0.2, -0.15) is 8.75 Å². The number of esters is 2. The summed E-state index contributed by atoms with van der Waals surface area (Å²) >= 11 is 3.05. The van der Waals surface area contributed by atoms with Crippen LogP contribution < -0.4 is 0 Å². The van der Waals surface area contributed by atoms with Gasteiger partial charge < -0.3 is 9.47 Å². The Morgan fingerprint density at radius 3 is 2.77 bits per heavy atom. The van der Waals surface area contributed by atoms with Crippen LogP contribution in [0.15, 0.2) is 5.03 Å². The average molecular weight is 398 g/mol. The third kappa shape index (κ3) is 3.25. The van der Waals surface area contributed by atoms with Crippen LogP contribution in [-0.2, 0) is 19.1 Å². The Bertz CT molecular complexity index is 692. The zero-order chi connectivity index (χ0) is 18.3. The van der Waals surface area contributed by atoms with Crippen molar-refractivity contribution in [2.45, 2.75) is 56.4 Å². The minimum Gasteiger partial charge on any atom is -0.400 e.